The maximum absolute atomic E-state index is 12.9. The van der Waals surface area contributed by atoms with Crippen LogP contribution in [0.4, 0.5) is 11.4 Å². The van der Waals surface area contributed by atoms with Crippen LogP contribution in [0, 0.1) is 13.8 Å². The summed E-state index contributed by atoms with van der Waals surface area (Å²) in [6.45, 7) is 3.78. The van der Waals surface area contributed by atoms with Crippen molar-refractivity contribution >= 4 is 40.5 Å². The van der Waals surface area contributed by atoms with E-state index >= 15 is 0 Å². The van der Waals surface area contributed by atoms with E-state index in [1.807, 2.05) is 62.4 Å². The Balaban J connectivity index is 1.66. The number of aryl methyl sites for hydroxylation is 2. The van der Waals surface area contributed by atoms with E-state index in [0.29, 0.717) is 16.4 Å². The van der Waals surface area contributed by atoms with Gasteiger partial charge in [-0.3, -0.25) is 14.6 Å². The third kappa shape index (κ3) is 4.52. The van der Waals surface area contributed by atoms with Gasteiger partial charge in [-0.2, -0.15) is 0 Å². The molecule has 0 aromatic heterocycles. The number of carbonyl (C=O) groups is 2. The summed E-state index contributed by atoms with van der Waals surface area (Å²) in [7, 11) is 0. The zero-order valence-corrected chi connectivity index (χ0v) is 18.1. The number of halogens is 1. The highest BCUT2D eigenvalue weighted by Crippen LogP contribution is 2.29. The predicted octanol–water partition coefficient (Wildman–Crippen LogP) is 4.78. The van der Waals surface area contributed by atoms with Gasteiger partial charge in [0.15, 0.2) is 0 Å². The third-order valence-corrected chi connectivity index (χ3v) is 5.42. The van der Waals surface area contributed by atoms with E-state index in [9.17, 15) is 9.59 Å². The molecule has 1 N–H and O–H groups in total. The normalized spacial score (nSPS) is 13.3. The van der Waals surface area contributed by atoms with E-state index in [1.54, 1.807) is 18.2 Å². The van der Waals surface area contributed by atoms with Crippen molar-refractivity contribution < 1.29 is 9.59 Å². The van der Waals surface area contributed by atoms with Crippen LogP contribution in [0.5, 0.6) is 0 Å². The van der Waals surface area contributed by atoms with Crippen LogP contribution in [0.15, 0.2) is 71.7 Å². The van der Waals surface area contributed by atoms with Gasteiger partial charge >= 0.3 is 0 Å². The molecule has 1 aliphatic rings. The molecule has 0 aliphatic carbocycles. The molecule has 0 radical (unpaired) electrons. The lowest BCUT2D eigenvalue weighted by Gasteiger charge is -2.23. The van der Waals surface area contributed by atoms with E-state index in [4.69, 9.17) is 11.6 Å². The Morgan fingerprint density at radius 3 is 2.58 bits per heavy atom. The largest absolute Gasteiger partial charge is 0.324 e. The Morgan fingerprint density at radius 2 is 1.84 bits per heavy atom. The van der Waals surface area contributed by atoms with Crippen molar-refractivity contribution in [1.82, 2.24) is 0 Å². The molecule has 156 valence electrons. The number of nitrogens with one attached hydrogen (secondary N) is 1. The van der Waals surface area contributed by atoms with E-state index in [2.05, 4.69) is 10.3 Å². The summed E-state index contributed by atoms with van der Waals surface area (Å²) in [5.74, 6) is -0.519. The maximum atomic E-state index is 12.9. The fourth-order valence-corrected chi connectivity index (χ4v) is 3.86. The van der Waals surface area contributed by atoms with Crippen LogP contribution in [0.3, 0.4) is 0 Å². The summed E-state index contributed by atoms with van der Waals surface area (Å²) in [6.07, 6.45) is 0. The molecule has 0 atom stereocenters. The van der Waals surface area contributed by atoms with Crippen LogP contribution in [0.2, 0.25) is 5.02 Å². The van der Waals surface area contributed by atoms with E-state index in [-0.39, 0.29) is 24.9 Å². The molecular weight excluding hydrogens is 410 g/mol. The number of hydrogen-bond donors (Lipinski definition) is 1. The number of hydrogen-bond acceptors (Lipinski definition) is 3. The molecule has 0 saturated heterocycles. The first-order valence-corrected chi connectivity index (χ1v) is 10.4. The predicted molar refractivity (Wildman–Crippen MR) is 125 cm³/mol. The summed E-state index contributed by atoms with van der Waals surface area (Å²) < 4.78 is 0. The molecule has 3 aromatic rings. The molecule has 2 amide bonds. The molecule has 0 fully saturated rings. The van der Waals surface area contributed by atoms with Gasteiger partial charge in [-0.15, -0.1) is 0 Å². The Labute approximate surface area is 186 Å². The fourth-order valence-electron chi connectivity index (χ4n) is 3.69. The summed E-state index contributed by atoms with van der Waals surface area (Å²) in [5, 5.41) is 3.45. The molecule has 1 heterocycles. The number of aliphatic imine (C=N–C) groups is 1. The first-order valence-electron chi connectivity index (χ1n) is 9.99. The average Bonchev–Trinajstić information content (AvgIpc) is 2.87. The van der Waals surface area contributed by atoms with Gasteiger partial charge in [-0.1, -0.05) is 59.6 Å². The number of amides is 2. The molecule has 0 bridgehead atoms. The minimum atomic E-state index is -0.274. The molecule has 0 saturated carbocycles. The highest BCUT2D eigenvalue weighted by atomic mass is 35.5. The van der Waals surface area contributed by atoms with Gasteiger partial charge in [0.2, 0.25) is 11.8 Å². The van der Waals surface area contributed by atoms with Crippen molar-refractivity contribution in [2.24, 2.45) is 4.99 Å². The smallest absolute Gasteiger partial charge is 0.249 e. The number of nitrogens with zero attached hydrogens (tertiary/aromatic N) is 2. The minimum Gasteiger partial charge on any atom is -0.324 e. The van der Waals surface area contributed by atoms with Gasteiger partial charge in [0.25, 0.3) is 0 Å². The Morgan fingerprint density at radius 1 is 1.06 bits per heavy atom. The van der Waals surface area contributed by atoms with Crippen molar-refractivity contribution in [3.63, 3.8) is 0 Å². The standard InChI is InChI=1S/C25H22ClN3O2/c1-16-8-10-21(17(2)12-16)28-23(30)15-29-22-11-9-19(26)13-20(22)25(27-14-24(29)31)18-6-4-3-5-7-18/h3-13H,14-15H2,1-2H3,(H,28,30). The molecule has 0 spiro atoms. The van der Waals surface area contributed by atoms with Crippen LogP contribution in [0.25, 0.3) is 0 Å². The quantitative estimate of drug-likeness (QED) is 0.646. The number of rotatable bonds is 4. The van der Waals surface area contributed by atoms with Gasteiger partial charge in [-0.05, 0) is 43.7 Å². The Kier molecular flexibility index (Phi) is 5.87. The lowest BCUT2D eigenvalue weighted by atomic mass is 10.00. The summed E-state index contributed by atoms with van der Waals surface area (Å²) >= 11 is 6.27. The zero-order chi connectivity index (χ0) is 22.0. The van der Waals surface area contributed by atoms with Crippen LogP contribution >= 0.6 is 11.6 Å². The van der Waals surface area contributed by atoms with Crippen LogP contribution < -0.4 is 10.2 Å². The van der Waals surface area contributed by atoms with Gasteiger partial charge in [0.05, 0.1) is 11.4 Å². The van der Waals surface area contributed by atoms with Crippen molar-refractivity contribution in [2.45, 2.75) is 13.8 Å². The highest BCUT2D eigenvalue weighted by molar-refractivity contribution is 6.32. The molecule has 1 aliphatic heterocycles. The van der Waals surface area contributed by atoms with Crippen LogP contribution in [-0.4, -0.2) is 30.6 Å². The van der Waals surface area contributed by atoms with Gasteiger partial charge in [0, 0.05) is 21.8 Å². The first-order chi connectivity index (χ1) is 14.9. The Bertz CT molecular complexity index is 1190. The molecule has 5 nitrogen and oxygen atoms in total. The molecule has 0 unspecified atom stereocenters. The second kappa shape index (κ2) is 8.74. The van der Waals surface area contributed by atoms with Crippen molar-refractivity contribution in [1.29, 1.82) is 0 Å². The van der Waals surface area contributed by atoms with Gasteiger partial charge < -0.3 is 10.2 Å². The van der Waals surface area contributed by atoms with E-state index in [0.717, 1.165) is 27.9 Å². The number of fused-ring (bicyclic) bond motifs is 1. The number of benzene rings is 3. The third-order valence-electron chi connectivity index (χ3n) is 5.18. The summed E-state index contributed by atoms with van der Waals surface area (Å²) in [6, 6.07) is 20.7. The van der Waals surface area contributed by atoms with E-state index in [1.165, 1.54) is 4.90 Å². The lowest BCUT2D eigenvalue weighted by Crippen LogP contribution is -2.39. The van der Waals surface area contributed by atoms with Gasteiger partial charge in [0.1, 0.15) is 13.1 Å². The van der Waals surface area contributed by atoms with Crippen LogP contribution in [-0.2, 0) is 9.59 Å². The number of anilines is 2. The zero-order valence-electron chi connectivity index (χ0n) is 17.4. The summed E-state index contributed by atoms with van der Waals surface area (Å²) in [4.78, 5) is 31.8. The Hall–Kier alpha value is -3.44. The van der Waals surface area contributed by atoms with Crippen molar-refractivity contribution in [3.8, 4) is 0 Å². The minimum absolute atomic E-state index is 0.0482. The number of benzodiazepines with no additional fused rings is 1. The molecule has 4 rings (SSSR count). The fraction of sp³-hybridized carbons (Fsp3) is 0.160. The number of carbonyl (C=O) groups excluding carboxylic acids is 2. The average molecular weight is 432 g/mol. The molecule has 31 heavy (non-hydrogen) atoms. The molecular formula is C25H22ClN3O2. The lowest BCUT2D eigenvalue weighted by molar-refractivity contribution is -0.120. The van der Waals surface area contributed by atoms with Crippen molar-refractivity contribution in [2.75, 3.05) is 23.3 Å². The second-order valence-electron chi connectivity index (χ2n) is 7.54. The second-order valence-corrected chi connectivity index (χ2v) is 7.98. The molecule has 6 heteroatoms. The monoisotopic (exact) mass is 431 g/mol. The molecule has 3 aromatic carbocycles. The highest BCUT2D eigenvalue weighted by Gasteiger charge is 2.27. The SMILES string of the molecule is Cc1ccc(NC(=O)CN2C(=O)CN=C(c3ccccc3)c3cc(Cl)ccc32)c(C)c1. The van der Waals surface area contributed by atoms with Gasteiger partial charge in [-0.25, -0.2) is 0 Å². The van der Waals surface area contributed by atoms with Crippen LogP contribution in [0.1, 0.15) is 22.3 Å². The first kappa shape index (κ1) is 20.8. The maximum Gasteiger partial charge on any atom is 0.249 e. The summed E-state index contributed by atoms with van der Waals surface area (Å²) in [5.41, 5.74) is 5.74. The topological polar surface area (TPSA) is 61.8 Å². The van der Waals surface area contributed by atoms with Crippen molar-refractivity contribution in [3.05, 3.63) is 94.0 Å². The van der Waals surface area contributed by atoms with E-state index < -0.39 is 0 Å².